The highest BCUT2D eigenvalue weighted by molar-refractivity contribution is 4.79. The van der Waals surface area contributed by atoms with E-state index in [9.17, 15) is 0 Å². The zero-order valence-electron chi connectivity index (χ0n) is 8.46. The van der Waals surface area contributed by atoms with Crippen molar-refractivity contribution in [2.24, 2.45) is 5.41 Å². The minimum Gasteiger partial charge on any atom is -0.352 e. The zero-order chi connectivity index (χ0) is 9.19. The second-order valence-electron chi connectivity index (χ2n) is 4.09. The molecule has 1 fully saturated rings. The van der Waals surface area contributed by atoms with Gasteiger partial charge in [0.25, 0.3) is 0 Å². The molecule has 72 valence electrons. The Hall–Kier alpha value is -0.120. The Morgan fingerprint density at radius 1 is 1.58 bits per heavy atom. The molecular weight excluding hydrogens is 154 g/mol. The maximum absolute atomic E-state index is 5.55. The van der Waals surface area contributed by atoms with Gasteiger partial charge < -0.3 is 9.47 Å². The van der Waals surface area contributed by atoms with Crippen LogP contribution in [0.4, 0.5) is 0 Å². The van der Waals surface area contributed by atoms with Gasteiger partial charge in [0, 0.05) is 18.6 Å². The summed E-state index contributed by atoms with van der Waals surface area (Å²) in [5.74, 6) is 0. The number of hydrogen-bond acceptors (Lipinski definition) is 3. The lowest BCUT2D eigenvalue weighted by Gasteiger charge is -2.41. The predicted octanol–water partition coefficient (Wildman–Crippen LogP) is 1.29. The molecule has 3 heteroatoms. The van der Waals surface area contributed by atoms with Gasteiger partial charge in [0.15, 0.2) is 6.29 Å². The van der Waals surface area contributed by atoms with Crippen molar-refractivity contribution in [2.45, 2.75) is 27.1 Å². The van der Waals surface area contributed by atoms with E-state index in [-0.39, 0.29) is 11.7 Å². The van der Waals surface area contributed by atoms with Crippen LogP contribution in [-0.2, 0) is 9.47 Å². The molecule has 0 bridgehead atoms. The van der Waals surface area contributed by atoms with Crippen molar-refractivity contribution in [2.75, 3.05) is 26.9 Å². The number of nitrogens with zero attached hydrogens (tertiary/aromatic N) is 1. The summed E-state index contributed by atoms with van der Waals surface area (Å²) in [5, 5.41) is 0. The Kier molecular flexibility index (Phi) is 3.09. The van der Waals surface area contributed by atoms with Gasteiger partial charge >= 0.3 is 0 Å². The van der Waals surface area contributed by atoms with Crippen LogP contribution >= 0.6 is 0 Å². The second kappa shape index (κ2) is 3.73. The minimum atomic E-state index is -0.0429. The van der Waals surface area contributed by atoms with E-state index in [1.807, 2.05) is 6.92 Å². The van der Waals surface area contributed by atoms with Gasteiger partial charge in [0.2, 0.25) is 0 Å². The Morgan fingerprint density at radius 3 is 2.75 bits per heavy atom. The molecule has 0 amide bonds. The molecule has 1 saturated heterocycles. The zero-order valence-corrected chi connectivity index (χ0v) is 8.46. The van der Waals surface area contributed by atoms with E-state index in [0.29, 0.717) is 6.73 Å². The van der Waals surface area contributed by atoms with Crippen molar-refractivity contribution in [1.82, 2.24) is 4.90 Å². The summed E-state index contributed by atoms with van der Waals surface area (Å²) in [4.78, 5) is 2.16. The summed E-state index contributed by atoms with van der Waals surface area (Å²) in [6.45, 7) is 8.76. The maximum Gasteiger partial charge on any atom is 0.165 e. The predicted molar refractivity (Wildman–Crippen MR) is 47.8 cm³/mol. The minimum absolute atomic E-state index is 0.0429. The van der Waals surface area contributed by atoms with Crippen molar-refractivity contribution in [3.63, 3.8) is 0 Å². The molecule has 0 radical (unpaired) electrons. The first-order valence-electron chi connectivity index (χ1n) is 4.48. The van der Waals surface area contributed by atoms with Crippen LogP contribution in [0.1, 0.15) is 20.8 Å². The van der Waals surface area contributed by atoms with Crippen LogP contribution in [0.15, 0.2) is 0 Å². The fourth-order valence-electron chi connectivity index (χ4n) is 1.66. The van der Waals surface area contributed by atoms with Gasteiger partial charge in [-0.1, -0.05) is 13.8 Å². The fraction of sp³-hybridized carbons (Fsp3) is 1.00. The molecule has 0 saturated carbocycles. The Bertz CT molecular complexity index is 147. The maximum atomic E-state index is 5.55. The molecule has 0 aromatic carbocycles. The van der Waals surface area contributed by atoms with E-state index in [1.54, 1.807) is 0 Å². The Morgan fingerprint density at radius 2 is 2.25 bits per heavy atom. The smallest absolute Gasteiger partial charge is 0.165 e. The molecule has 1 rings (SSSR count). The number of rotatable bonds is 2. The first-order valence-corrected chi connectivity index (χ1v) is 4.48. The topological polar surface area (TPSA) is 21.7 Å². The lowest BCUT2D eigenvalue weighted by atomic mass is 9.91. The first-order chi connectivity index (χ1) is 5.56. The van der Waals surface area contributed by atoms with E-state index in [2.05, 4.69) is 25.8 Å². The van der Waals surface area contributed by atoms with Gasteiger partial charge in [-0.2, -0.15) is 0 Å². The largest absolute Gasteiger partial charge is 0.352 e. The average molecular weight is 173 g/mol. The first kappa shape index (κ1) is 9.96. The molecule has 1 aliphatic rings. The lowest BCUT2D eigenvalue weighted by molar-refractivity contribution is -0.248. The molecule has 3 nitrogen and oxygen atoms in total. The number of ether oxygens (including phenoxy) is 2. The van der Waals surface area contributed by atoms with Crippen LogP contribution in [0.5, 0.6) is 0 Å². The van der Waals surface area contributed by atoms with E-state index < -0.39 is 0 Å². The lowest BCUT2D eigenvalue weighted by Crippen LogP contribution is -2.49. The fourth-order valence-corrected chi connectivity index (χ4v) is 1.66. The van der Waals surface area contributed by atoms with Crippen molar-refractivity contribution < 1.29 is 9.47 Å². The third-order valence-electron chi connectivity index (χ3n) is 2.08. The standard InChI is InChI=1S/C9H19NO2/c1-5-11-8-9(2,3)6-10(4)7-12-8/h8H,5-7H2,1-4H3. The summed E-state index contributed by atoms with van der Waals surface area (Å²) < 4.78 is 11.0. The quantitative estimate of drug-likeness (QED) is 0.628. The summed E-state index contributed by atoms with van der Waals surface area (Å²) in [6.07, 6.45) is -0.0429. The van der Waals surface area contributed by atoms with Crippen LogP contribution in [0, 0.1) is 5.41 Å². The molecule has 0 aromatic rings. The molecule has 1 unspecified atom stereocenters. The van der Waals surface area contributed by atoms with Crippen LogP contribution in [0.25, 0.3) is 0 Å². The van der Waals surface area contributed by atoms with Gasteiger partial charge in [-0.25, -0.2) is 0 Å². The molecule has 1 atom stereocenters. The van der Waals surface area contributed by atoms with Gasteiger partial charge in [0.05, 0.1) is 0 Å². The van der Waals surface area contributed by atoms with Crippen LogP contribution in [-0.4, -0.2) is 38.1 Å². The van der Waals surface area contributed by atoms with Crippen molar-refractivity contribution >= 4 is 0 Å². The normalized spacial score (nSPS) is 30.5. The van der Waals surface area contributed by atoms with Crippen molar-refractivity contribution in [3.05, 3.63) is 0 Å². The van der Waals surface area contributed by atoms with Crippen LogP contribution in [0.3, 0.4) is 0 Å². The SMILES string of the molecule is CCOC1OCN(C)CC1(C)C. The molecule has 0 N–H and O–H groups in total. The highest BCUT2D eigenvalue weighted by atomic mass is 16.7. The van der Waals surface area contributed by atoms with E-state index in [0.717, 1.165) is 13.2 Å². The second-order valence-corrected chi connectivity index (χ2v) is 4.09. The number of hydrogen-bond donors (Lipinski definition) is 0. The average Bonchev–Trinajstić information content (AvgIpc) is 1.94. The van der Waals surface area contributed by atoms with Crippen LogP contribution < -0.4 is 0 Å². The summed E-state index contributed by atoms with van der Waals surface area (Å²) in [6, 6.07) is 0. The summed E-state index contributed by atoms with van der Waals surface area (Å²) in [7, 11) is 2.06. The summed E-state index contributed by atoms with van der Waals surface area (Å²) in [5.41, 5.74) is 0.100. The third kappa shape index (κ3) is 2.19. The van der Waals surface area contributed by atoms with Crippen molar-refractivity contribution in [1.29, 1.82) is 0 Å². The van der Waals surface area contributed by atoms with Gasteiger partial charge in [-0.3, -0.25) is 4.90 Å². The molecule has 1 heterocycles. The van der Waals surface area contributed by atoms with Gasteiger partial charge in [0.1, 0.15) is 6.73 Å². The Balaban J connectivity index is 2.51. The molecule has 0 aliphatic carbocycles. The van der Waals surface area contributed by atoms with E-state index in [4.69, 9.17) is 9.47 Å². The van der Waals surface area contributed by atoms with Crippen LogP contribution in [0.2, 0.25) is 0 Å². The van der Waals surface area contributed by atoms with Gasteiger partial charge in [-0.15, -0.1) is 0 Å². The molecular formula is C9H19NO2. The highest BCUT2D eigenvalue weighted by Gasteiger charge is 2.36. The van der Waals surface area contributed by atoms with Crippen molar-refractivity contribution in [3.8, 4) is 0 Å². The molecule has 0 aromatic heterocycles. The molecule has 0 spiro atoms. The molecule has 12 heavy (non-hydrogen) atoms. The Labute approximate surface area is 74.6 Å². The third-order valence-corrected chi connectivity index (χ3v) is 2.08. The molecule has 1 aliphatic heterocycles. The van der Waals surface area contributed by atoms with Gasteiger partial charge in [-0.05, 0) is 14.0 Å². The summed E-state index contributed by atoms with van der Waals surface area (Å²) >= 11 is 0. The van der Waals surface area contributed by atoms with E-state index >= 15 is 0 Å². The highest BCUT2D eigenvalue weighted by Crippen LogP contribution is 2.28. The van der Waals surface area contributed by atoms with E-state index in [1.165, 1.54) is 0 Å². The monoisotopic (exact) mass is 173 g/mol.